The van der Waals surface area contributed by atoms with Crippen molar-refractivity contribution in [3.63, 3.8) is 0 Å². The standard InChI is InChI=1S/C7H12O3/c1-6(8)4-2-3-5-7(9)10/h8H,1-5H2,(H,9,10). The lowest BCUT2D eigenvalue weighted by atomic mass is 10.2. The van der Waals surface area contributed by atoms with Crippen molar-refractivity contribution in [3.05, 3.63) is 12.3 Å². The Hall–Kier alpha value is -0.990. The van der Waals surface area contributed by atoms with E-state index in [1.165, 1.54) is 0 Å². The highest BCUT2D eigenvalue weighted by Gasteiger charge is 1.96. The molecular formula is C7H12O3. The second-order valence-corrected chi connectivity index (χ2v) is 2.17. The molecule has 0 rings (SSSR count). The number of allylic oxidation sites excluding steroid dienone is 1. The summed E-state index contributed by atoms with van der Waals surface area (Å²) < 4.78 is 0. The zero-order valence-electron chi connectivity index (χ0n) is 5.84. The third kappa shape index (κ3) is 7.01. The fourth-order valence-electron chi connectivity index (χ4n) is 0.605. The van der Waals surface area contributed by atoms with E-state index in [0.717, 1.165) is 0 Å². The summed E-state index contributed by atoms with van der Waals surface area (Å²) in [5, 5.41) is 16.8. The Kier molecular flexibility index (Phi) is 4.37. The third-order valence-electron chi connectivity index (χ3n) is 1.11. The van der Waals surface area contributed by atoms with Gasteiger partial charge in [-0.2, -0.15) is 0 Å². The molecule has 0 atom stereocenters. The number of unbranched alkanes of at least 4 members (excludes halogenated alkanes) is 1. The minimum absolute atomic E-state index is 0.130. The number of rotatable bonds is 5. The Labute approximate surface area is 60.0 Å². The van der Waals surface area contributed by atoms with Gasteiger partial charge in [0.05, 0.1) is 5.76 Å². The molecule has 0 aliphatic rings. The summed E-state index contributed by atoms with van der Waals surface area (Å²) in [4.78, 5) is 9.96. The number of hydrogen-bond acceptors (Lipinski definition) is 2. The van der Waals surface area contributed by atoms with Gasteiger partial charge in [0.1, 0.15) is 0 Å². The maximum absolute atomic E-state index is 9.96. The van der Waals surface area contributed by atoms with Gasteiger partial charge in [0.15, 0.2) is 0 Å². The number of hydrogen-bond donors (Lipinski definition) is 2. The molecule has 0 aromatic carbocycles. The highest BCUT2D eigenvalue weighted by Crippen LogP contribution is 2.03. The normalized spacial score (nSPS) is 9.20. The number of aliphatic hydroxyl groups is 1. The number of aliphatic carboxylic acids is 1. The maximum Gasteiger partial charge on any atom is 0.303 e. The van der Waals surface area contributed by atoms with Crippen LogP contribution in [0.2, 0.25) is 0 Å². The first-order valence-electron chi connectivity index (χ1n) is 3.21. The Morgan fingerprint density at radius 2 is 1.70 bits per heavy atom. The Balaban J connectivity index is 3.06. The van der Waals surface area contributed by atoms with E-state index in [1.54, 1.807) is 0 Å². The lowest BCUT2D eigenvalue weighted by Gasteiger charge is -1.95. The molecule has 3 heteroatoms. The van der Waals surface area contributed by atoms with Crippen LogP contribution in [0.5, 0.6) is 0 Å². The molecule has 3 nitrogen and oxygen atoms in total. The largest absolute Gasteiger partial charge is 0.513 e. The van der Waals surface area contributed by atoms with Gasteiger partial charge in [-0.3, -0.25) is 4.79 Å². The quantitative estimate of drug-likeness (QED) is 0.456. The molecule has 0 bridgehead atoms. The van der Waals surface area contributed by atoms with E-state index in [1.807, 2.05) is 0 Å². The van der Waals surface area contributed by atoms with E-state index >= 15 is 0 Å². The van der Waals surface area contributed by atoms with Gasteiger partial charge in [-0.1, -0.05) is 6.58 Å². The van der Waals surface area contributed by atoms with Gasteiger partial charge in [-0.25, -0.2) is 0 Å². The first-order valence-corrected chi connectivity index (χ1v) is 3.21. The average Bonchev–Trinajstić information content (AvgIpc) is 1.79. The molecule has 0 saturated carbocycles. The topological polar surface area (TPSA) is 57.5 Å². The van der Waals surface area contributed by atoms with Crippen molar-refractivity contribution in [2.24, 2.45) is 0 Å². The number of aliphatic hydroxyl groups excluding tert-OH is 1. The van der Waals surface area contributed by atoms with Gasteiger partial charge >= 0.3 is 5.97 Å². The molecule has 0 spiro atoms. The van der Waals surface area contributed by atoms with Crippen LogP contribution in [-0.2, 0) is 4.79 Å². The molecular weight excluding hydrogens is 132 g/mol. The summed E-state index contributed by atoms with van der Waals surface area (Å²) in [7, 11) is 0. The minimum Gasteiger partial charge on any atom is -0.513 e. The molecule has 0 aromatic heterocycles. The van der Waals surface area contributed by atoms with Crippen molar-refractivity contribution in [1.82, 2.24) is 0 Å². The highest BCUT2D eigenvalue weighted by molar-refractivity contribution is 5.66. The molecule has 2 N–H and O–H groups in total. The zero-order valence-corrected chi connectivity index (χ0v) is 5.84. The van der Waals surface area contributed by atoms with E-state index in [-0.39, 0.29) is 12.2 Å². The van der Waals surface area contributed by atoms with Crippen LogP contribution in [-0.4, -0.2) is 16.2 Å². The van der Waals surface area contributed by atoms with Crippen LogP contribution >= 0.6 is 0 Å². The maximum atomic E-state index is 9.96. The summed E-state index contributed by atoms with van der Waals surface area (Å²) in [6, 6.07) is 0. The Morgan fingerprint density at radius 3 is 2.10 bits per heavy atom. The predicted molar refractivity (Wildman–Crippen MR) is 37.9 cm³/mol. The molecule has 58 valence electrons. The molecule has 0 aromatic rings. The second-order valence-electron chi connectivity index (χ2n) is 2.17. The average molecular weight is 144 g/mol. The summed E-state index contributed by atoms with van der Waals surface area (Å²) >= 11 is 0. The van der Waals surface area contributed by atoms with E-state index in [9.17, 15) is 4.79 Å². The minimum atomic E-state index is -0.788. The van der Waals surface area contributed by atoms with Gasteiger partial charge in [0.2, 0.25) is 0 Å². The molecule has 0 unspecified atom stereocenters. The fraction of sp³-hybridized carbons (Fsp3) is 0.571. The van der Waals surface area contributed by atoms with Crippen molar-refractivity contribution in [3.8, 4) is 0 Å². The summed E-state index contributed by atoms with van der Waals surface area (Å²) in [5.74, 6) is -0.658. The fourth-order valence-corrected chi connectivity index (χ4v) is 0.605. The number of carbonyl (C=O) groups is 1. The Morgan fingerprint density at radius 1 is 1.20 bits per heavy atom. The summed E-state index contributed by atoms with van der Waals surface area (Å²) in [5.41, 5.74) is 0. The van der Waals surface area contributed by atoms with Crippen LogP contribution in [0, 0.1) is 0 Å². The number of carboxylic acids is 1. The van der Waals surface area contributed by atoms with Crippen LogP contribution in [0.15, 0.2) is 12.3 Å². The van der Waals surface area contributed by atoms with Gasteiger partial charge in [-0.15, -0.1) is 0 Å². The van der Waals surface area contributed by atoms with E-state index in [2.05, 4.69) is 6.58 Å². The van der Waals surface area contributed by atoms with E-state index < -0.39 is 5.97 Å². The Bertz CT molecular complexity index is 113. The molecule has 10 heavy (non-hydrogen) atoms. The third-order valence-corrected chi connectivity index (χ3v) is 1.11. The predicted octanol–water partition coefficient (Wildman–Crippen LogP) is 1.70. The van der Waals surface area contributed by atoms with Crippen molar-refractivity contribution in [2.75, 3.05) is 0 Å². The molecule has 0 heterocycles. The van der Waals surface area contributed by atoms with Crippen molar-refractivity contribution in [2.45, 2.75) is 25.7 Å². The molecule has 0 aliphatic carbocycles. The second kappa shape index (κ2) is 4.85. The molecule has 0 fully saturated rings. The van der Waals surface area contributed by atoms with Gasteiger partial charge < -0.3 is 10.2 Å². The monoisotopic (exact) mass is 144 g/mol. The zero-order chi connectivity index (χ0) is 7.98. The highest BCUT2D eigenvalue weighted by atomic mass is 16.4. The first-order chi connectivity index (χ1) is 4.63. The van der Waals surface area contributed by atoms with E-state index in [0.29, 0.717) is 19.3 Å². The summed E-state index contributed by atoms with van der Waals surface area (Å²) in [6.07, 6.45) is 1.98. The molecule has 0 amide bonds. The van der Waals surface area contributed by atoms with Crippen LogP contribution in [0.4, 0.5) is 0 Å². The molecule has 0 saturated heterocycles. The lowest BCUT2D eigenvalue weighted by Crippen LogP contribution is -1.93. The van der Waals surface area contributed by atoms with Crippen LogP contribution < -0.4 is 0 Å². The van der Waals surface area contributed by atoms with E-state index in [4.69, 9.17) is 10.2 Å². The first kappa shape index (κ1) is 9.01. The van der Waals surface area contributed by atoms with Crippen LogP contribution in [0.3, 0.4) is 0 Å². The number of carboxylic acid groups (broad SMARTS) is 1. The molecule has 0 radical (unpaired) electrons. The molecule has 0 aliphatic heterocycles. The lowest BCUT2D eigenvalue weighted by molar-refractivity contribution is -0.137. The van der Waals surface area contributed by atoms with Crippen LogP contribution in [0.25, 0.3) is 0 Å². The van der Waals surface area contributed by atoms with Gasteiger partial charge in [0, 0.05) is 12.8 Å². The van der Waals surface area contributed by atoms with Gasteiger partial charge in [0.25, 0.3) is 0 Å². The van der Waals surface area contributed by atoms with Crippen molar-refractivity contribution in [1.29, 1.82) is 0 Å². The SMILES string of the molecule is C=C(O)CCCCC(=O)O. The smallest absolute Gasteiger partial charge is 0.303 e. The van der Waals surface area contributed by atoms with Crippen molar-refractivity contribution < 1.29 is 15.0 Å². The van der Waals surface area contributed by atoms with Crippen LogP contribution in [0.1, 0.15) is 25.7 Å². The van der Waals surface area contributed by atoms with Crippen molar-refractivity contribution >= 4 is 5.97 Å². The summed E-state index contributed by atoms with van der Waals surface area (Å²) in [6.45, 7) is 3.28. The van der Waals surface area contributed by atoms with Gasteiger partial charge in [-0.05, 0) is 12.8 Å².